The van der Waals surface area contributed by atoms with Gasteiger partial charge < -0.3 is 9.84 Å². The molecule has 1 aromatic carbocycles. The maximum Gasteiger partial charge on any atom is 0.322 e. The van der Waals surface area contributed by atoms with Crippen LogP contribution in [-0.2, 0) is 14.8 Å². The van der Waals surface area contributed by atoms with Gasteiger partial charge in [0.15, 0.2) is 0 Å². The minimum Gasteiger partial charge on any atom is -0.497 e. The van der Waals surface area contributed by atoms with Crippen molar-refractivity contribution in [3.63, 3.8) is 0 Å². The third-order valence-corrected chi connectivity index (χ3v) is 4.48. The highest BCUT2D eigenvalue weighted by atomic mass is 79.9. The van der Waals surface area contributed by atoms with Crippen LogP contribution >= 0.6 is 15.9 Å². The summed E-state index contributed by atoms with van der Waals surface area (Å²) in [6.45, 7) is 3.26. The molecule has 0 saturated carbocycles. The molecule has 0 aliphatic heterocycles. The fourth-order valence-electron chi connectivity index (χ4n) is 1.52. The summed E-state index contributed by atoms with van der Waals surface area (Å²) in [6.07, 6.45) is 0. The third kappa shape index (κ3) is 4.19. The molecule has 1 atom stereocenters. The number of methoxy groups -OCH3 is 1. The summed E-state index contributed by atoms with van der Waals surface area (Å²) in [7, 11) is -2.53. The Hall–Kier alpha value is -1.12. The van der Waals surface area contributed by atoms with Crippen LogP contribution in [0.15, 0.2) is 27.6 Å². The zero-order valence-corrected chi connectivity index (χ0v) is 13.7. The summed E-state index contributed by atoms with van der Waals surface area (Å²) in [5, 5.41) is 9.05. The molecule has 0 aliphatic carbocycles. The van der Waals surface area contributed by atoms with Gasteiger partial charge in [0.1, 0.15) is 11.8 Å². The molecule has 0 radical (unpaired) electrons. The molecule has 1 unspecified atom stereocenters. The van der Waals surface area contributed by atoms with Crippen molar-refractivity contribution in [1.29, 1.82) is 0 Å². The van der Waals surface area contributed by atoms with Gasteiger partial charge in [-0.1, -0.05) is 29.8 Å². The van der Waals surface area contributed by atoms with Gasteiger partial charge >= 0.3 is 5.97 Å². The lowest BCUT2D eigenvalue weighted by Gasteiger charge is -2.18. The third-order valence-electron chi connectivity index (χ3n) is 2.61. The fraction of sp³-hybridized carbons (Fsp3) is 0.417. The van der Waals surface area contributed by atoms with Crippen LogP contribution in [0, 0.1) is 5.92 Å². The number of aliphatic carboxylic acids is 1. The van der Waals surface area contributed by atoms with Crippen LogP contribution in [0.2, 0.25) is 0 Å². The van der Waals surface area contributed by atoms with E-state index in [4.69, 9.17) is 9.84 Å². The molecule has 112 valence electrons. The molecule has 0 spiro atoms. The Morgan fingerprint density at radius 3 is 2.40 bits per heavy atom. The van der Waals surface area contributed by atoms with Crippen molar-refractivity contribution >= 4 is 31.9 Å². The molecule has 0 aromatic heterocycles. The van der Waals surface area contributed by atoms with Crippen molar-refractivity contribution in [3.05, 3.63) is 22.7 Å². The predicted molar refractivity (Wildman–Crippen MR) is 77.3 cm³/mol. The van der Waals surface area contributed by atoms with Gasteiger partial charge in [-0.15, -0.1) is 0 Å². The SMILES string of the molecule is COc1cc(Br)cc(S(=O)(=O)NC(C(=O)O)C(C)C)c1. The molecule has 2 N–H and O–H groups in total. The quantitative estimate of drug-likeness (QED) is 0.802. The smallest absolute Gasteiger partial charge is 0.322 e. The highest BCUT2D eigenvalue weighted by molar-refractivity contribution is 9.10. The van der Waals surface area contributed by atoms with Gasteiger partial charge in [0.05, 0.1) is 12.0 Å². The number of ether oxygens (including phenoxy) is 1. The average molecular weight is 366 g/mol. The summed E-state index contributed by atoms with van der Waals surface area (Å²) >= 11 is 3.18. The largest absolute Gasteiger partial charge is 0.497 e. The number of hydrogen-bond donors (Lipinski definition) is 2. The molecule has 0 amide bonds. The summed E-state index contributed by atoms with van der Waals surface area (Å²) in [5.74, 6) is -1.24. The van der Waals surface area contributed by atoms with Crippen molar-refractivity contribution in [3.8, 4) is 5.75 Å². The van der Waals surface area contributed by atoms with Gasteiger partial charge in [-0.2, -0.15) is 4.72 Å². The Bertz CT molecular complexity index is 600. The number of carbonyl (C=O) groups is 1. The van der Waals surface area contributed by atoms with Crippen molar-refractivity contribution in [2.75, 3.05) is 7.11 Å². The van der Waals surface area contributed by atoms with Gasteiger partial charge in [0.25, 0.3) is 0 Å². The second-order valence-corrected chi connectivity index (χ2v) is 7.14. The Morgan fingerprint density at radius 1 is 1.35 bits per heavy atom. The van der Waals surface area contributed by atoms with Gasteiger partial charge in [-0.3, -0.25) is 4.79 Å². The standard InChI is InChI=1S/C12H16BrNO5S/c1-7(2)11(12(15)16)14-20(17,18)10-5-8(13)4-9(6-10)19-3/h4-7,11,14H,1-3H3,(H,15,16). The second-order valence-electron chi connectivity index (χ2n) is 4.51. The lowest BCUT2D eigenvalue weighted by atomic mass is 10.1. The molecule has 0 heterocycles. The number of benzene rings is 1. The zero-order chi connectivity index (χ0) is 15.5. The minimum absolute atomic E-state index is 0.0596. The number of halogens is 1. The molecule has 0 aliphatic rings. The first kappa shape index (κ1) is 16.9. The van der Waals surface area contributed by atoms with Crippen molar-refractivity contribution in [1.82, 2.24) is 4.72 Å². The summed E-state index contributed by atoms with van der Waals surface area (Å²) in [6, 6.07) is 3.12. The summed E-state index contributed by atoms with van der Waals surface area (Å²) in [5.41, 5.74) is 0. The van der Waals surface area contributed by atoms with E-state index in [1.807, 2.05) is 0 Å². The van der Waals surface area contributed by atoms with E-state index < -0.39 is 22.0 Å². The lowest BCUT2D eigenvalue weighted by Crippen LogP contribution is -2.44. The van der Waals surface area contributed by atoms with E-state index in [2.05, 4.69) is 20.7 Å². The lowest BCUT2D eigenvalue weighted by molar-refractivity contribution is -0.140. The van der Waals surface area contributed by atoms with E-state index in [1.165, 1.54) is 19.2 Å². The number of nitrogens with one attached hydrogen (secondary N) is 1. The van der Waals surface area contributed by atoms with Crippen LogP contribution in [0.5, 0.6) is 5.75 Å². The molecule has 0 saturated heterocycles. The molecular weight excluding hydrogens is 350 g/mol. The monoisotopic (exact) mass is 365 g/mol. The maximum absolute atomic E-state index is 12.2. The fourth-order valence-corrected chi connectivity index (χ4v) is 3.54. The van der Waals surface area contributed by atoms with E-state index >= 15 is 0 Å². The molecule has 0 bridgehead atoms. The molecule has 8 heteroatoms. The second kappa shape index (κ2) is 6.55. The highest BCUT2D eigenvalue weighted by Gasteiger charge is 2.28. The highest BCUT2D eigenvalue weighted by Crippen LogP contribution is 2.24. The normalized spacial score (nSPS) is 13.2. The summed E-state index contributed by atoms with van der Waals surface area (Å²) < 4.78 is 32.1. The number of rotatable bonds is 6. The van der Waals surface area contributed by atoms with E-state index in [0.717, 1.165) is 0 Å². The number of carboxylic acid groups (broad SMARTS) is 1. The first-order chi connectivity index (χ1) is 9.17. The average Bonchev–Trinajstić information content (AvgIpc) is 2.34. The van der Waals surface area contributed by atoms with Gasteiger partial charge in [0.2, 0.25) is 10.0 Å². The number of sulfonamides is 1. The van der Waals surface area contributed by atoms with Crippen LogP contribution in [0.25, 0.3) is 0 Å². The Morgan fingerprint density at radius 2 is 1.95 bits per heavy atom. The van der Waals surface area contributed by atoms with Crippen molar-refractivity contribution in [2.24, 2.45) is 5.92 Å². The van der Waals surface area contributed by atoms with Crippen molar-refractivity contribution < 1.29 is 23.1 Å². The van der Waals surface area contributed by atoms with E-state index in [9.17, 15) is 13.2 Å². The Labute approximate surface area is 126 Å². The topological polar surface area (TPSA) is 92.7 Å². The first-order valence-corrected chi connectivity index (χ1v) is 8.04. The van der Waals surface area contributed by atoms with Crippen LogP contribution in [0.3, 0.4) is 0 Å². The number of hydrogen-bond acceptors (Lipinski definition) is 4. The van der Waals surface area contributed by atoms with Crippen LogP contribution in [-0.4, -0.2) is 32.6 Å². The first-order valence-electron chi connectivity index (χ1n) is 5.77. The molecule has 1 aromatic rings. The Kier molecular flexibility index (Phi) is 5.55. The van der Waals surface area contributed by atoms with Crippen molar-refractivity contribution in [2.45, 2.75) is 24.8 Å². The van der Waals surface area contributed by atoms with E-state index in [1.54, 1.807) is 19.9 Å². The van der Waals surface area contributed by atoms with Crippen LogP contribution in [0.1, 0.15) is 13.8 Å². The number of carboxylic acids is 1. The molecule has 0 fully saturated rings. The maximum atomic E-state index is 12.2. The minimum atomic E-state index is -3.95. The molecular formula is C12H16BrNO5S. The van der Waals surface area contributed by atoms with Gasteiger partial charge in [0, 0.05) is 10.5 Å². The molecule has 6 nitrogen and oxygen atoms in total. The molecule has 20 heavy (non-hydrogen) atoms. The van der Waals surface area contributed by atoms with E-state index in [0.29, 0.717) is 10.2 Å². The predicted octanol–water partition coefficient (Wildman–Crippen LogP) is 1.85. The Balaban J connectivity index is 3.16. The van der Waals surface area contributed by atoms with Crippen LogP contribution in [0.4, 0.5) is 0 Å². The van der Waals surface area contributed by atoms with Gasteiger partial charge in [-0.25, -0.2) is 8.42 Å². The zero-order valence-electron chi connectivity index (χ0n) is 11.3. The van der Waals surface area contributed by atoms with Gasteiger partial charge in [-0.05, 0) is 18.1 Å². The molecule has 1 rings (SSSR count). The summed E-state index contributed by atoms with van der Waals surface area (Å²) in [4.78, 5) is 11.0. The van der Waals surface area contributed by atoms with E-state index in [-0.39, 0.29) is 10.8 Å². The van der Waals surface area contributed by atoms with Crippen LogP contribution < -0.4 is 9.46 Å².